The number of carbonyl (C=O) groups is 3. The summed E-state index contributed by atoms with van der Waals surface area (Å²) in [6.07, 6.45) is 2.96. The highest BCUT2D eigenvalue weighted by molar-refractivity contribution is 6.39. The zero-order chi connectivity index (χ0) is 27.3. The SMILES string of the molecule is C=CCOc1ccc(NC(=O)C(=O)N/N=C\c2ccc(OCC(=O)Nc3ccccc3C)c(OC)c2)cc1. The first-order valence-electron chi connectivity index (χ1n) is 11.5. The molecule has 0 spiro atoms. The van der Waals surface area contributed by atoms with Gasteiger partial charge >= 0.3 is 11.8 Å². The smallest absolute Gasteiger partial charge is 0.329 e. The lowest BCUT2D eigenvalue weighted by Crippen LogP contribution is -2.32. The molecule has 0 aliphatic heterocycles. The van der Waals surface area contributed by atoms with Crippen molar-refractivity contribution in [2.75, 3.05) is 31.0 Å². The second kappa shape index (κ2) is 13.8. The average molecular weight is 517 g/mol. The minimum absolute atomic E-state index is 0.214. The Bertz CT molecular complexity index is 1320. The van der Waals surface area contributed by atoms with Gasteiger partial charge < -0.3 is 24.8 Å². The van der Waals surface area contributed by atoms with Crippen LogP contribution in [0.15, 0.2) is 84.5 Å². The first-order chi connectivity index (χ1) is 18.4. The number of rotatable bonds is 11. The highest BCUT2D eigenvalue weighted by Gasteiger charge is 2.13. The van der Waals surface area contributed by atoms with Gasteiger partial charge in [-0.2, -0.15) is 5.10 Å². The van der Waals surface area contributed by atoms with Gasteiger partial charge in [0.1, 0.15) is 12.4 Å². The van der Waals surface area contributed by atoms with E-state index in [0.717, 1.165) is 5.56 Å². The number of hydrogen-bond donors (Lipinski definition) is 3. The van der Waals surface area contributed by atoms with Crippen molar-refractivity contribution in [2.45, 2.75) is 6.92 Å². The standard InChI is InChI=1S/C28H28N4O6/c1-4-15-37-22-12-10-21(11-13-22)30-27(34)28(35)32-29-17-20-9-14-24(25(16-20)36-3)38-18-26(33)31-23-8-6-5-7-19(23)2/h4-14,16-17H,1,15,18H2,2-3H3,(H,30,34)(H,31,33)(H,32,35)/b29-17-. The number of carbonyl (C=O) groups excluding carboxylic acids is 3. The van der Waals surface area contributed by atoms with Gasteiger partial charge in [0.25, 0.3) is 5.91 Å². The topological polar surface area (TPSA) is 127 Å². The Hall–Kier alpha value is -5.12. The van der Waals surface area contributed by atoms with Crippen molar-refractivity contribution in [1.29, 1.82) is 0 Å². The van der Waals surface area contributed by atoms with Crippen LogP contribution in [-0.2, 0) is 14.4 Å². The van der Waals surface area contributed by atoms with Crippen molar-refractivity contribution in [3.8, 4) is 17.2 Å². The second-order valence-corrected chi connectivity index (χ2v) is 7.84. The van der Waals surface area contributed by atoms with E-state index in [-0.39, 0.29) is 12.5 Å². The minimum atomic E-state index is -0.945. The van der Waals surface area contributed by atoms with Crippen LogP contribution in [0, 0.1) is 6.92 Å². The summed E-state index contributed by atoms with van der Waals surface area (Å²) >= 11 is 0. The van der Waals surface area contributed by atoms with E-state index in [9.17, 15) is 14.4 Å². The van der Waals surface area contributed by atoms with Crippen molar-refractivity contribution in [2.24, 2.45) is 5.10 Å². The fourth-order valence-electron chi connectivity index (χ4n) is 3.12. The maximum atomic E-state index is 12.3. The maximum Gasteiger partial charge on any atom is 0.329 e. The summed E-state index contributed by atoms with van der Waals surface area (Å²) < 4.78 is 16.3. The van der Waals surface area contributed by atoms with Crippen LogP contribution in [0.25, 0.3) is 0 Å². The molecule has 38 heavy (non-hydrogen) atoms. The predicted octanol–water partition coefficient (Wildman–Crippen LogP) is 3.67. The first-order valence-corrected chi connectivity index (χ1v) is 11.5. The fourth-order valence-corrected chi connectivity index (χ4v) is 3.12. The van der Waals surface area contributed by atoms with E-state index in [1.165, 1.54) is 13.3 Å². The summed E-state index contributed by atoms with van der Waals surface area (Å²) in [5.41, 5.74) is 4.81. The molecule has 3 aromatic rings. The van der Waals surface area contributed by atoms with Gasteiger partial charge in [-0.05, 0) is 66.6 Å². The molecule has 0 aliphatic carbocycles. The molecule has 0 heterocycles. The summed E-state index contributed by atoms with van der Waals surface area (Å²) in [7, 11) is 1.46. The van der Waals surface area contributed by atoms with Gasteiger partial charge in [0.05, 0.1) is 13.3 Å². The van der Waals surface area contributed by atoms with Crippen LogP contribution in [0.4, 0.5) is 11.4 Å². The van der Waals surface area contributed by atoms with Gasteiger partial charge in [-0.15, -0.1) is 0 Å². The minimum Gasteiger partial charge on any atom is -0.493 e. The molecule has 10 nitrogen and oxygen atoms in total. The Morgan fingerprint density at radius 3 is 2.39 bits per heavy atom. The van der Waals surface area contributed by atoms with Crippen molar-refractivity contribution >= 4 is 35.3 Å². The molecule has 3 rings (SSSR count). The van der Waals surface area contributed by atoms with Crippen LogP contribution >= 0.6 is 0 Å². The average Bonchev–Trinajstić information content (AvgIpc) is 2.93. The molecule has 3 aromatic carbocycles. The monoisotopic (exact) mass is 516 g/mol. The summed E-state index contributed by atoms with van der Waals surface area (Å²) in [6.45, 7) is 5.62. The molecule has 3 amide bonds. The van der Waals surface area contributed by atoms with Gasteiger partial charge in [0.15, 0.2) is 18.1 Å². The highest BCUT2D eigenvalue weighted by Crippen LogP contribution is 2.27. The molecule has 3 N–H and O–H groups in total. The summed E-state index contributed by atoms with van der Waals surface area (Å²) in [5, 5.41) is 9.08. The van der Waals surface area contributed by atoms with E-state index in [4.69, 9.17) is 14.2 Å². The van der Waals surface area contributed by atoms with E-state index in [2.05, 4.69) is 27.7 Å². The van der Waals surface area contributed by atoms with E-state index in [1.807, 2.05) is 31.2 Å². The Kier molecular flexibility index (Phi) is 10.00. The maximum absolute atomic E-state index is 12.3. The Balaban J connectivity index is 1.50. The molecular weight excluding hydrogens is 488 g/mol. The molecule has 196 valence electrons. The third kappa shape index (κ3) is 8.23. The molecule has 0 atom stereocenters. The number of ether oxygens (including phenoxy) is 3. The molecule has 10 heteroatoms. The van der Waals surface area contributed by atoms with Gasteiger partial charge in [0, 0.05) is 11.4 Å². The molecule has 0 fully saturated rings. The van der Waals surface area contributed by atoms with E-state index >= 15 is 0 Å². The van der Waals surface area contributed by atoms with Crippen molar-refractivity contribution < 1.29 is 28.6 Å². The fraction of sp³-hybridized carbons (Fsp3) is 0.143. The van der Waals surface area contributed by atoms with Gasteiger partial charge in [-0.1, -0.05) is 30.9 Å². The van der Waals surface area contributed by atoms with E-state index < -0.39 is 11.8 Å². The van der Waals surface area contributed by atoms with Crippen LogP contribution in [0.5, 0.6) is 17.2 Å². The van der Waals surface area contributed by atoms with Crippen LogP contribution < -0.4 is 30.3 Å². The lowest BCUT2D eigenvalue weighted by molar-refractivity contribution is -0.136. The number of amides is 3. The largest absolute Gasteiger partial charge is 0.493 e. The molecule has 0 aromatic heterocycles. The van der Waals surface area contributed by atoms with Gasteiger partial charge in [-0.3, -0.25) is 14.4 Å². The van der Waals surface area contributed by atoms with Crippen LogP contribution in [-0.4, -0.2) is 44.3 Å². The summed E-state index contributed by atoms with van der Waals surface area (Å²) in [6, 6.07) is 18.8. The van der Waals surface area contributed by atoms with Crippen LogP contribution in [0.3, 0.4) is 0 Å². The summed E-state index contributed by atoms with van der Waals surface area (Å²) in [4.78, 5) is 36.4. The van der Waals surface area contributed by atoms with E-state index in [1.54, 1.807) is 48.5 Å². The molecular formula is C28H28N4O6. The predicted molar refractivity (Wildman–Crippen MR) is 145 cm³/mol. The van der Waals surface area contributed by atoms with Crippen LogP contribution in [0.1, 0.15) is 11.1 Å². The number of hydrogen-bond acceptors (Lipinski definition) is 7. The zero-order valence-corrected chi connectivity index (χ0v) is 21.0. The number of para-hydroxylation sites is 1. The molecule has 0 radical (unpaired) electrons. The Labute approximate surface area is 220 Å². The lowest BCUT2D eigenvalue weighted by atomic mass is 10.2. The van der Waals surface area contributed by atoms with E-state index in [0.29, 0.717) is 40.8 Å². The lowest BCUT2D eigenvalue weighted by Gasteiger charge is -2.12. The molecule has 0 saturated carbocycles. The highest BCUT2D eigenvalue weighted by atomic mass is 16.5. The normalized spacial score (nSPS) is 10.4. The quantitative estimate of drug-likeness (QED) is 0.154. The molecule has 0 aliphatic rings. The third-order valence-electron chi connectivity index (χ3n) is 5.03. The van der Waals surface area contributed by atoms with Gasteiger partial charge in [-0.25, -0.2) is 5.43 Å². The Morgan fingerprint density at radius 2 is 1.68 bits per heavy atom. The summed E-state index contributed by atoms with van der Waals surface area (Å²) in [5.74, 6) is -0.817. The Morgan fingerprint density at radius 1 is 0.921 bits per heavy atom. The van der Waals surface area contributed by atoms with Crippen molar-refractivity contribution in [1.82, 2.24) is 5.43 Å². The number of hydrazone groups is 1. The third-order valence-corrected chi connectivity index (χ3v) is 5.03. The second-order valence-electron chi connectivity index (χ2n) is 7.84. The number of benzene rings is 3. The first kappa shape index (κ1) is 27.5. The van der Waals surface area contributed by atoms with Gasteiger partial charge in [0.2, 0.25) is 0 Å². The number of anilines is 2. The van der Waals surface area contributed by atoms with Crippen molar-refractivity contribution in [3.05, 3.63) is 90.5 Å². The molecule has 0 unspecified atom stereocenters. The zero-order valence-electron chi connectivity index (χ0n) is 21.0. The number of methoxy groups -OCH3 is 1. The van der Waals surface area contributed by atoms with Crippen LogP contribution in [0.2, 0.25) is 0 Å². The number of nitrogens with zero attached hydrogens (tertiary/aromatic N) is 1. The molecule has 0 saturated heterocycles. The number of nitrogens with one attached hydrogen (secondary N) is 3. The van der Waals surface area contributed by atoms with Crippen molar-refractivity contribution in [3.63, 3.8) is 0 Å². The molecule has 0 bridgehead atoms. The number of aryl methyl sites for hydroxylation is 1.